The van der Waals surface area contributed by atoms with E-state index < -0.39 is 0 Å². The molecule has 0 amide bonds. The van der Waals surface area contributed by atoms with Crippen LogP contribution in [0, 0.1) is 0 Å². The molecule has 3 unspecified atom stereocenters. The third-order valence-corrected chi connectivity index (χ3v) is 4.54. The summed E-state index contributed by atoms with van der Waals surface area (Å²) >= 11 is 0. The lowest BCUT2D eigenvalue weighted by Crippen LogP contribution is -2.36. The molecule has 1 N–H and O–H groups in total. The van der Waals surface area contributed by atoms with Gasteiger partial charge in [0.2, 0.25) is 0 Å². The largest absolute Gasteiger partial charge is 0.372 e. The zero-order valence-corrected chi connectivity index (χ0v) is 11.0. The molecule has 0 radical (unpaired) electrons. The van der Waals surface area contributed by atoms with Gasteiger partial charge in [-0.1, -0.05) is 0 Å². The lowest BCUT2D eigenvalue weighted by atomic mass is 10.2. The molecule has 3 nitrogen and oxygen atoms in total. The lowest BCUT2D eigenvalue weighted by molar-refractivity contribution is 0.0220. The highest BCUT2D eigenvalue weighted by molar-refractivity contribution is 4.86. The van der Waals surface area contributed by atoms with Gasteiger partial charge in [-0.25, -0.2) is 0 Å². The number of hydrogen-bond donors (Lipinski definition) is 1. The molecule has 2 heterocycles. The monoisotopic (exact) mass is 238 g/mol. The second-order valence-electron chi connectivity index (χ2n) is 6.13. The van der Waals surface area contributed by atoms with Gasteiger partial charge < -0.3 is 10.1 Å². The predicted molar refractivity (Wildman–Crippen MR) is 69.2 cm³/mol. The Morgan fingerprint density at radius 3 is 2.65 bits per heavy atom. The summed E-state index contributed by atoms with van der Waals surface area (Å²) in [6, 6.07) is 1.60. The summed E-state index contributed by atoms with van der Waals surface area (Å²) in [7, 11) is 0. The lowest BCUT2D eigenvalue weighted by Gasteiger charge is -2.24. The van der Waals surface area contributed by atoms with Gasteiger partial charge in [0.1, 0.15) is 0 Å². The van der Waals surface area contributed by atoms with Gasteiger partial charge >= 0.3 is 0 Å². The Labute approximate surface area is 105 Å². The molecule has 0 aromatic heterocycles. The molecule has 3 heteroatoms. The Hall–Kier alpha value is -0.120. The van der Waals surface area contributed by atoms with E-state index in [1.54, 1.807) is 0 Å². The molecule has 17 heavy (non-hydrogen) atoms. The van der Waals surface area contributed by atoms with Crippen LogP contribution in [0.3, 0.4) is 0 Å². The van der Waals surface area contributed by atoms with Crippen LogP contribution in [0.25, 0.3) is 0 Å². The summed E-state index contributed by atoms with van der Waals surface area (Å²) in [5.74, 6) is 0. The first-order valence-corrected chi connectivity index (χ1v) is 7.44. The van der Waals surface area contributed by atoms with Crippen LogP contribution >= 0.6 is 0 Å². The normalized spacial score (nSPS) is 39.0. The number of ether oxygens (including phenoxy) is 1. The van der Waals surface area contributed by atoms with Crippen molar-refractivity contribution in [2.24, 2.45) is 0 Å². The molecular formula is C14H26N2O. The van der Waals surface area contributed by atoms with E-state index in [0.717, 1.165) is 18.6 Å². The van der Waals surface area contributed by atoms with Crippen molar-refractivity contribution in [1.29, 1.82) is 0 Å². The Balaban J connectivity index is 1.37. The third kappa shape index (κ3) is 3.21. The van der Waals surface area contributed by atoms with Crippen LogP contribution in [-0.4, -0.2) is 48.8 Å². The van der Waals surface area contributed by atoms with E-state index in [1.807, 2.05) is 0 Å². The smallest absolute Gasteiger partial charge is 0.0707 e. The van der Waals surface area contributed by atoms with Crippen LogP contribution in [0.5, 0.6) is 0 Å². The number of hydrogen-bond acceptors (Lipinski definition) is 3. The van der Waals surface area contributed by atoms with Gasteiger partial charge in [0.05, 0.1) is 12.2 Å². The number of nitrogens with one attached hydrogen (secondary N) is 1. The van der Waals surface area contributed by atoms with Gasteiger partial charge in [-0.15, -0.1) is 0 Å². The highest BCUT2D eigenvalue weighted by Crippen LogP contribution is 2.25. The van der Waals surface area contributed by atoms with Crippen LogP contribution < -0.4 is 5.32 Å². The molecule has 0 aromatic carbocycles. The highest BCUT2D eigenvalue weighted by atomic mass is 16.5. The topological polar surface area (TPSA) is 24.5 Å². The Bertz CT molecular complexity index is 255. The highest BCUT2D eigenvalue weighted by Gasteiger charge is 2.31. The van der Waals surface area contributed by atoms with Gasteiger partial charge in [-0.05, 0) is 52.0 Å². The first-order chi connectivity index (χ1) is 8.31. The van der Waals surface area contributed by atoms with Crippen LogP contribution in [0.15, 0.2) is 0 Å². The fourth-order valence-electron chi connectivity index (χ4n) is 3.18. The molecule has 2 saturated heterocycles. The minimum atomic E-state index is 0.485. The fraction of sp³-hybridized carbons (Fsp3) is 1.00. The van der Waals surface area contributed by atoms with E-state index in [9.17, 15) is 0 Å². The summed E-state index contributed by atoms with van der Waals surface area (Å²) < 4.78 is 6.15. The maximum atomic E-state index is 6.15. The standard InChI is InChI=1S/C14H26N2O/c1-11-3-2-8-16(11)10-14-7-6-13(17-14)9-15-12-4-5-12/h11-15H,2-10H2,1H3. The average Bonchev–Trinajstić information content (AvgIpc) is 2.92. The summed E-state index contributed by atoms with van der Waals surface area (Å²) in [4.78, 5) is 2.61. The molecule has 3 fully saturated rings. The van der Waals surface area contributed by atoms with Gasteiger partial charge in [0, 0.05) is 25.2 Å². The van der Waals surface area contributed by atoms with Crippen LogP contribution in [0.1, 0.15) is 45.4 Å². The second-order valence-corrected chi connectivity index (χ2v) is 6.13. The number of likely N-dealkylation sites (tertiary alicyclic amines) is 1. The predicted octanol–water partition coefficient (Wildman–Crippen LogP) is 1.77. The van der Waals surface area contributed by atoms with Gasteiger partial charge in [-0.2, -0.15) is 0 Å². The van der Waals surface area contributed by atoms with Crippen molar-refractivity contribution >= 4 is 0 Å². The quantitative estimate of drug-likeness (QED) is 0.790. The first-order valence-electron chi connectivity index (χ1n) is 7.44. The first kappa shape index (κ1) is 11.9. The summed E-state index contributed by atoms with van der Waals surface area (Å²) in [5.41, 5.74) is 0. The zero-order valence-electron chi connectivity index (χ0n) is 11.0. The van der Waals surface area contributed by atoms with Crippen LogP contribution in [0.4, 0.5) is 0 Å². The minimum Gasteiger partial charge on any atom is -0.372 e. The van der Waals surface area contributed by atoms with Crippen molar-refractivity contribution in [2.45, 2.75) is 69.7 Å². The van der Waals surface area contributed by atoms with Gasteiger partial charge in [0.25, 0.3) is 0 Å². The average molecular weight is 238 g/mol. The Kier molecular flexibility index (Phi) is 3.69. The zero-order chi connectivity index (χ0) is 11.7. The van der Waals surface area contributed by atoms with E-state index in [1.165, 1.54) is 51.6 Å². The molecule has 2 aliphatic heterocycles. The van der Waals surface area contributed by atoms with E-state index in [0.29, 0.717) is 12.2 Å². The summed E-state index contributed by atoms with van der Waals surface area (Å²) in [6.45, 7) is 5.89. The Morgan fingerprint density at radius 2 is 1.94 bits per heavy atom. The molecule has 3 atom stereocenters. The third-order valence-electron chi connectivity index (χ3n) is 4.54. The summed E-state index contributed by atoms with van der Waals surface area (Å²) in [5, 5.41) is 3.58. The van der Waals surface area contributed by atoms with Crippen molar-refractivity contribution in [2.75, 3.05) is 19.6 Å². The van der Waals surface area contributed by atoms with Crippen LogP contribution in [0.2, 0.25) is 0 Å². The van der Waals surface area contributed by atoms with E-state index in [4.69, 9.17) is 4.74 Å². The maximum absolute atomic E-state index is 6.15. The maximum Gasteiger partial charge on any atom is 0.0707 e. The van der Waals surface area contributed by atoms with Crippen molar-refractivity contribution in [3.05, 3.63) is 0 Å². The molecule has 1 aliphatic carbocycles. The molecule has 0 spiro atoms. The van der Waals surface area contributed by atoms with Crippen molar-refractivity contribution < 1.29 is 4.74 Å². The Morgan fingerprint density at radius 1 is 1.12 bits per heavy atom. The number of nitrogens with zero attached hydrogens (tertiary/aromatic N) is 1. The number of rotatable bonds is 5. The fourth-order valence-corrected chi connectivity index (χ4v) is 3.18. The van der Waals surface area contributed by atoms with Gasteiger partial charge in [-0.3, -0.25) is 4.90 Å². The van der Waals surface area contributed by atoms with E-state index in [-0.39, 0.29) is 0 Å². The molecule has 3 aliphatic rings. The summed E-state index contributed by atoms with van der Waals surface area (Å²) in [6.07, 6.45) is 9.01. The SMILES string of the molecule is CC1CCCN1CC1CCC(CNC2CC2)O1. The molecule has 0 aromatic rings. The van der Waals surface area contributed by atoms with Crippen LogP contribution in [-0.2, 0) is 4.74 Å². The van der Waals surface area contributed by atoms with Crippen molar-refractivity contribution in [1.82, 2.24) is 10.2 Å². The van der Waals surface area contributed by atoms with E-state index in [2.05, 4.69) is 17.1 Å². The van der Waals surface area contributed by atoms with Gasteiger partial charge in [0.15, 0.2) is 0 Å². The minimum absolute atomic E-state index is 0.485. The second kappa shape index (κ2) is 5.25. The van der Waals surface area contributed by atoms with Crippen molar-refractivity contribution in [3.63, 3.8) is 0 Å². The molecule has 3 rings (SSSR count). The molecule has 98 valence electrons. The molecule has 0 bridgehead atoms. The molecule has 1 saturated carbocycles. The van der Waals surface area contributed by atoms with Crippen molar-refractivity contribution in [3.8, 4) is 0 Å². The molecular weight excluding hydrogens is 212 g/mol. The van der Waals surface area contributed by atoms with E-state index >= 15 is 0 Å².